The number of carbonyl (C=O) groups excluding carboxylic acids is 1. The number of aryl methyl sites for hydroxylation is 1. The lowest BCUT2D eigenvalue weighted by Gasteiger charge is -2.16. The first-order valence-electron chi connectivity index (χ1n) is 7.08. The molecule has 1 atom stereocenters. The van der Waals surface area contributed by atoms with Gasteiger partial charge in [-0.1, -0.05) is 38.1 Å². The molecule has 0 saturated carbocycles. The molecule has 1 aromatic rings. The van der Waals surface area contributed by atoms with E-state index >= 15 is 0 Å². The molecule has 1 aliphatic carbocycles. The number of benzene rings is 1. The summed E-state index contributed by atoms with van der Waals surface area (Å²) >= 11 is 1.37. The molecule has 0 radical (unpaired) electrons. The maximum absolute atomic E-state index is 11.9. The van der Waals surface area contributed by atoms with E-state index in [-0.39, 0.29) is 5.91 Å². The quantitative estimate of drug-likeness (QED) is 0.819. The Kier molecular flexibility index (Phi) is 5.26. The maximum Gasteiger partial charge on any atom is 0.246 e. The number of carbonyl (C=O) groups is 1. The van der Waals surface area contributed by atoms with E-state index < -0.39 is 6.04 Å². The molecule has 3 N–H and O–H groups in total. The van der Waals surface area contributed by atoms with Gasteiger partial charge in [-0.3, -0.25) is 9.52 Å². The predicted octanol–water partition coefficient (Wildman–Crippen LogP) is 3.14. The van der Waals surface area contributed by atoms with E-state index in [9.17, 15) is 4.79 Å². The Balaban J connectivity index is 1.98. The van der Waals surface area contributed by atoms with Gasteiger partial charge in [0.1, 0.15) is 0 Å². The van der Waals surface area contributed by atoms with Crippen molar-refractivity contribution < 1.29 is 4.79 Å². The molecule has 1 unspecified atom stereocenters. The zero-order chi connectivity index (χ0) is 14.5. The average Bonchev–Trinajstić information content (AvgIpc) is 2.44. The van der Waals surface area contributed by atoms with E-state index in [0.29, 0.717) is 12.3 Å². The summed E-state index contributed by atoms with van der Waals surface area (Å²) in [4.78, 5) is 13.0. The fourth-order valence-electron chi connectivity index (χ4n) is 2.32. The molecule has 0 fully saturated rings. The van der Waals surface area contributed by atoms with Crippen LogP contribution in [0.1, 0.15) is 37.8 Å². The highest BCUT2D eigenvalue weighted by Crippen LogP contribution is 2.28. The number of nitrogens with one attached hydrogen (secondary N) is 1. The average molecular weight is 290 g/mol. The summed E-state index contributed by atoms with van der Waals surface area (Å²) < 4.78 is 2.87. The number of fused-ring (bicyclic) bond motifs is 1. The van der Waals surface area contributed by atoms with E-state index in [1.54, 1.807) is 0 Å². The molecule has 0 heterocycles. The van der Waals surface area contributed by atoms with Crippen LogP contribution in [-0.2, 0) is 11.2 Å². The number of nitrogens with two attached hydrogens (primary N) is 1. The van der Waals surface area contributed by atoms with E-state index in [2.05, 4.69) is 36.8 Å². The molecule has 20 heavy (non-hydrogen) atoms. The standard InChI is InChI=1S/C16H22N2OS/c1-11(2)10-14(17)16(19)18-20-15-9-5-7-12-6-3-4-8-13(12)15/h4-5,7-9,11,14H,3,6,10,17H2,1-2H3,(H,18,19). The van der Waals surface area contributed by atoms with Gasteiger partial charge in [0, 0.05) is 4.90 Å². The lowest BCUT2D eigenvalue weighted by molar-refractivity contribution is -0.120. The number of allylic oxidation sites excluding steroid dienone is 1. The number of hydrogen-bond acceptors (Lipinski definition) is 3. The first-order valence-corrected chi connectivity index (χ1v) is 7.90. The fraction of sp³-hybridized carbons (Fsp3) is 0.438. The van der Waals surface area contributed by atoms with E-state index in [0.717, 1.165) is 17.7 Å². The van der Waals surface area contributed by atoms with Crippen molar-refractivity contribution in [2.24, 2.45) is 11.7 Å². The van der Waals surface area contributed by atoms with Gasteiger partial charge in [-0.05, 0) is 54.3 Å². The van der Waals surface area contributed by atoms with Crippen LogP contribution < -0.4 is 10.5 Å². The van der Waals surface area contributed by atoms with Crippen LogP contribution in [0.5, 0.6) is 0 Å². The van der Waals surface area contributed by atoms with Crippen LogP contribution in [0.3, 0.4) is 0 Å². The monoisotopic (exact) mass is 290 g/mol. The summed E-state index contributed by atoms with van der Waals surface area (Å²) in [6.45, 7) is 4.14. The summed E-state index contributed by atoms with van der Waals surface area (Å²) in [6.07, 6.45) is 7.19. The Morgan fingerprint density at radius 2 is 2.25 bits per heavy atom. The second-order valence-electron chi connectivity index (χ2n) is 5.57. The Morgan fingerprint density at radius 1 is 1.45 bits per heavy atom. The Morgan fingerprint density at radius 3 is 3.00 bits per heavy atom. The Bertz CT molecular complexity index is 511. The van der Waals surface area contributed by atoms with Crippen molar-refractivity contribution in [2.45, 2.75) is 44.0 Å². The van der Waals surface area contributed by atoms with Gasteiger partial charge in [-0.15, -0.1) is 0 Å². The van der Waals surface area contributed by atoms with Crippen LogP contribution in [0.4, 0.5) is 0 Å². The second kappa shape index (κ2) is 6.95. The molecule has 0 aromatic heterocycles. The van der Waals surface area contributed by atoms with Crippen LogP contribution in [0.2, 0.25) is 0 Å². The third kappa shape index (κ3) is 3.87. The molecule has 1 amide bonds. The third-order valence-corrected chi connectivity index (χ3v) is 4.22. The molecular formula is C16H22N2OS. The summed E-state index contributed by atoms with van der Waals surface area (Å²) in [5, 5.41) is 0. The van der Waals surface area contributed by atoms with Crippen LogP contribution in [0.15, 0.2) is 29.2 Å². The molecule has 108 valence electrons. The fourth-order valence-corrected chi connectivity index (χ4v) is 3.14. The summed E-state index contributed by atoms with van der Waals surface area (Å²) in [7, 11) is 0. The van der Waals surface area contributed by atoms with Crippen molar-refractivity contribution in [2.75, 3.05) is 0 Å². The molecule has 1 aromatic carbocycles. The number of hydrogen-bond donors (Lipinski definition) is 2. The van der Waals surface area contributed by atoms with Gasteiger partial charge in [0.2, 0.25) is 5.91 Å². The maximum atomic E-state index is 11.9. The van der Waals surface area contributed by atoms with Gasteiger partial charge in [-0.25, -0.2) is 0 Å². The highest BCUT2D eigenvalue weighted by Gasteiger charge is 2.16. The van der Waals surface area contributed by atoms with Gasteiger partial charge in [-0.2, -0.15) is 0 Å². The van der Waals surface area contributed by atoms with Gasteiger partial charge < -0.3 is 5.73 Å². The van der Waals surface area contributed by atoms with Crippen molar-refractivity contribution in [3.8, 4) is 0 Å². The normalized spacial score (nSPS) is 15.0. The molecule has 0 saturated heterocycles. The van der Waals surface area contributed by atoms with Gasteiger partial charge in [0.25, 0.3) is 0 Å². The summed E-state index contributed by atoms with van der Waals surface area (Å²) in [5.41, 5.74) is 8.45. The van der Waals surface area contributed by atoms with Crippen LogP contribution in [-0.4, -0.2) is 11.9 Å². The first kappa shape index (κ1) is 15.1. The molecule has 3 nitrogen and oxygen atoms in total. The Labute approximate surface area is 125 Å². The molecule has 0 aliphatic heterocycles. The van der Waals surface area contributed by atoms with Gasteiger partial charge in [0.15, 0.2) is 0 Å². The van der Waals surface area contributed by atoms with E-state index in [1.165, 1.54) is 23.1 Å². The zero-order valence-corrected chi connectivity index (χ0v) is 12.9. The van der Waals surface area contributed by atoms with E-state index in [1.807, 2.05) is 12.1 Å². The van der Waals surface area contributed by atoms with Crippen molar-refractivity contribution in [3.63, 3.8) is 0 Å². The minimum atomic E-state index is -0.433. The molecule has 0 bridgehead atoms. The number of amides is 1. The molecule has 0 spiro atoms. The SMILES string of the molecule is CC(C)CC(N)C(=O)NSc1cccc2c1C=CCC2. The second-order valence-corrected chi connectivity index (χ2v) is 6.42. The minimum absolute atomic E-state index is 0.0962. The van der Waals surface area contributed by atoms with Crippen LogP contribution in [0.25, 0.3) is 6.08 Å². The predicted molar refractivity (Wildman–Crippen MR) is 85.2 cm³/mol. The minimum Gasteiger partial charge on any atom is -0.320 e. The largest absolute Gasteiger partial charge is 0.320 e. The van der Waals surface area contributed by atoms with Crippen molar-refractivity contribution in [1.29, 1.82) is 0 Å². The van der Waals surface area contributed by atoms with Crippen LogP contribution in [0, 0.1) is 5.92 Å². The van der Waals surface area contributed by atoms with Crippen molar-refractivity contribution in [3.05, 3.63) is 35.4 Å². The lowest BCUT2D eigenvalue weighted by atomic mass is 9.98. The van der Waals surface area contributed by atoms with Crippen molar-refractivity contribution >= 4 is 23.9 Å². The van der Waals surface area contributed by atoms with Gasteiger partial charge in [0.05, 0.1) is 6.04 Å². The summed E-state index contributed by atoms with van der Waals surface area (Å²) in [6, 6.07) is 5.79. The van der Waals surface area contributed by atoms with Crippen LogP contribution >= 0.6 is 11.9 Å². The number of rotatable bonds is 5. The van der Waals surface area contributed by atoms with Gasteiger partial charge >= 0.3 is 0 Å². The topological polar surface area (TPSA) is 55.1 Å². The molecule has 4 heteroatoms. The molecule has 1 aliphatic rings. The molecular weight excluding hydrogens is 268 g/mol. The first-order chi connectivity index (χ1) is 9.58. The van der Waals surface area contributed by atoms with E-state index in [4.69, 9.17) is 5.73 Å². The zero-order valence-electron chi connectivity index (χ0n) is 12.1. The highest BCUT2D eigenvalue weighted by atomic mass is 32.2. The highest BCUT2D eigenvalue weighted by molar-refractivity contribution is 7.98. The molecule has 2 rings (SSSR count). The van der Waals surface area contributed by atoms with Crippen molar-refractivity contribution in [1.82, 2.24) is 4.72 Å². The lowest BCUT2D eigenvalue weighted by Crippen LogP contribution is -2.38. The smallest absolute Gasteiger partial charge is 0.246 e. The summed E-state index contributed by atoms with van der Waals surface area (Å²) in [5.74, 6) is 0.328. The Hall–Kier alpha value is -1.26. The third-order valence-electron chi connectivity index (χ3n) is 3.34.